The van der Waals surface area contributed by atoms with Crippen LogP contribution in [-0.4, -0.2) is 16.2 Å². The van der Waals surface area contributed by atoms with E-state index in [0.29, 0.717) is 11.3 Å². The molecule has 0 amide bonds. The molecule has 4 nitrogen and oxygen atoms in total. The lowest BCUT2D eigenvalue weighted by atomic mass is 10.3. The summed E-state index contributed by atoms with van der Waals surface area (Å²) in [5, 5.41) is 18.4. The number of nitrogens with zero attached hydrogens (tertiary/aromatic N) is 1. The first kappa shape index (κ1) is 10.9. The number of alkyl halides is 3. The highest BCUT2D eigenvalue weighted by Gasteiger charge is 2.40. The number of hydrogen-bond acceptors (Lipinski definition) is 4. The molecular formula is C6H4F3NO3S. The van der Waals surface area contributed by atoms with E-state index in [2.05, 4.69) is 0 Å². The fourth-order valence-electron chi connectivity index (χ4n) is 0.749. The van der Waals surface area contributed by atoms with Crippen molar-refractivity contribution in [2.75, 3.05) is 0 Å². The Kier molecular flexibility index (Phi) is 2.76. The van der Waals surface area contributed by atoms with Gasteiger partial charge in [0, 0.05) is 10.9 Å². The van der Waals surface area contributed by atoms with E-state index in [-0.39, 0.29) is 0 Å². The largest absolute Gasteiger partial charge is 0.419 e. The van der Waals surface area contributed by atoms with Crippen LogP contribution < -0.4 is 0 Å². The number of thiophene rings is 1. The average molecular weight is 227 g/mol. The first-order chi connectivity index (χ1) is 6.32. The third kappa shape index (κ3) is 2.20. The molecule has 0 aliphatic heterocycles. The summed E-state index contributed by atoms with van der Waals surface area (Å²) >= 11 is 0.307. The fraction of sp³-hybridized carbons (Fsp3) is 0.333. The van der Waals surface area contributed by atoms with Crippen molar-refractivity contribution in [3.05, 3.63) is 27.1 Å². The van der Waals surface area contributed by atoms with Gasteiger partial charge in [-0.25, -0.2) is 0 Å². The second-order valence-corrected chi connectivity index (χ2v) is 3.47. The van der Waals surface area contributed by atoms with Gasteiger partial charge in [-0.15, -0.1) is 0 Å². The minimum atomic E-state index is -4.79. The van der Waals surface area contributed by atoms with Crippen LogP contribution in [0.2, 0.25) is 0 Å². The molecule has 0 fully saturated rings. The van der Waals surface area contributed by atoms with E-state index in [9.17, 15) is 23.3 Å². The first-order valence-electron chi connectivity index (χ1n) is 3.31. The van der Waals surface area contributed by atoms with Crippen molar-refractivity contribution < 1.29 is 23.2 Å². The monoisotopic (exact) mass is 227 g/mol. The summed E-state index contributed by atoms with van der Waals surface area (Å²) in [6, 6.07) is 1.82. The van der Waals surface area contributed by atoms with Gasteiger partial charge < -0.3 is 5.11 Å². The topological polar surface area (TPSA) is 63.4 Å². The van der Waals surface area contributed by atoms with Gasteiger partial charge in [0.1, 0.15) is 0 Å². The molecule has 0 radical (unpaired) electrons. The molecule has 0 saturated carbocycles. The van der Waals surface area contributed by atoms with Crippen LogP contribution in [0.15, 0.2) is 12.1 Å². The van der Waals surface area contributed by atoms with Gasteiger partial charge in [0.15, 0.2) is 6.10 Å². The Bertz CT molecular complexity index is 348. The quantitative estimate of drug-likeness (QED) is 0.622. The van der Waals surface area contributed by atoms with Gasteiger partial charge in [-0.05, 0) is 6.07 Å². The van der Waals surface area contributed by atoms with E-state index in [1.54, 1.807) is 0 Å². The van der Waals surface area contributed by atoms with Crippen LogP contribution in [0.3, 0.4) is 0 Å². The van der Waals surface area contributed by atoms with E-state index in [1.807, 2.05) is 0 Å². The minimum Gasteiger partial charge on any atom is -0.379 e. The van der Waals surface area contributed by atoms with Crippen molar-refractivity contribution in [1.82, 2.24) is 0 Å². The Hall–Kier alpha value is -1.15. The van der Waals surface area contributed by atoms with Gasteiger partial charge >= 0.3 is 11.2 Å². The minimum absolute atomic E-state index is 0.307. The fourth-order valence-corrected chi connectivity index (χ4v) is 1.58. The number of hydrogen-bond donors (Lipinski definition) is 1. The molecule has 1 aromatic heterocycles. The smallest absolute Gasteiger partial charge is 0.379 e. The van der Waals surface area contributed by atoms with Crippen LogP contribution in [0.5, 0.6) is 0 Å². The van der Waals surface area contributed by atoms with Gasteiger partial charge in [-0.2, -0.15) is 13.2 Å². The van der Waals surface area contributed by atoms with Crippen LogP contribution in [-0.2, 0) is 0 Å². The molecule has 0 bridgehead atoms. The van der Waals surface area contributed by atoms with E-state index in [0.717, 1.165) is 12.1 Å². The Morgan fingerprint density at radius 2 is 2.07 bits per heavy atom. The van der Waals surface area contributed by atoms with Crippen LogP contribution >= 0.6 is 11.3 Å². The Morgan fingerprint density at radius 1 is 1.50 bits per heavy atom. The zero-order valence-electron chi connectivity index (χ0n) is 6.49. The van der Waals surface area contributed by atoms with Crippen LogP contribution in [0.4, 0.5) is 18.2 Å². The standard InChI is InChI=1S/C6H4F3NO3S/c7-6(8,9)5(11)3-1-2-4(14-3)10(12)13/h1-2,5,11H/t5-/m0/s1. The molecule has 0 spiro atoms. The van der Waals surface area contributed by atoms with Gasteiger partial charge in [0.05, 0.1) is 4.92 Å². The zero-order valence-corrected chi connectivity index (χ0v) is 7.30. The highest BCUT2D eigenvalue weighted by atomic mass is 32.1. The summed E-state index contributed by atoms with van der Waals surface area (Å²) in [6.07, 6.45) is -7.44. The van der Waals surface area contributed by atoms with Crippen molar-refractivity contribution in [3.63, 3.8) is 0 Å². The molecule has 14 heavy (non-hydrogen) atoms. The molecule has 78 valence electrons. The molecule has 1 heterocycles. The maximum atomic E-state index is 11.9. The Morgan fingerprint density at radius 3 is 2.43 bits per heavy atom. The number of halogens is 3. The van der Waals surface area contributed by atoms with Crippen LogP contribution in [0, 0.1) is 10.1 Å². The number of nitro groups is 1. The third-order valence-corrected chi connectivity index (χ3v) is 2.46. The van der Waals surface area contributed by atoms with Crippen molar-refractivity contribution in [3.8, 4) is 0 Å². The Labute approximate surface area is 79.7 Å². The normalized spacial score (nSPS) is 14.0. The predicted octanol–water partition coefficient (Wildman–Crippen LogP) is 2.25. The maximum absolute atomic E-state index is 11.9. The molecule has 0 unspecified atom stereocenters. The van der Waals surface area contributed by atoms with Crippen molar-refractivity contribution in [2.24, 2.45) is 0 Å². The van der Waals surface area contributed by atoms with Gasteiger partial charge in [0.2, 0.25) is 0 Å². The maximum Gasteiger partial charge on any atom is 0.419 e. The Balaban J connectivity index is 2.92. The van der Waals surface area contributed by atoms with E-state index >= 15 is 0 Å². The summed E-state index contributed by atoms with van der Waals surface area (Å²) in [5.41, 5.74) is 0. The molecule has 0 aliphatic rings. The molecule has 1 rings (SSSR count). The number of aliphatic hydroxyl groups excluding tert-OH is 1. The lowest BCUT2D eigenvalue weighted by molar-refractivity contribution is -0.380. The second-order valence-electron chi connectivity index (χ2n) is 2.38. The SMILES string of the molecule is O=[N+]([O-])c1ccc([C@H](O)C(F)(F)F)s1. The number of aliphatic hydroxyl groups is 1. The molecule has 8 heteroatoms. The highest BCUT2D eigenvalue weighted by Crippen LogP contribution is 2.37. The summed E-state index contributed by atoms with van der Waals surface area (Å²) in [4.78, 5) is 8.85. The van der Waals surface area contributed by atoms with Gasteiger partial charge in [-0.3, -0.25) is 10.1 Å². The van der Waals surface area contributed by atoms with Gasteiger partial charge in [0.25, 0.3) is 0 Å². The summed E-state index contributed by atoms with van der Waals surface area (Å²) in [6.45, 7) is 0. The summed E-state index contributed by atoms with van der Waals surface area (Å²) < 4.78 is 35.8. The molecular weight excluding hydrogens is 223 g/mol. The lowest BCUT2D eigenvalue weighted by Crippen LogP contribution is -2.18. The number of rotatable bonds is 2. The third-order valence-electron chi connectivity index (χ3n) is 1.37. The van der Waals surface area contributed by atoms with E-state index < -0.39 is 27.1 Å². The van der Waals surface area contributed by atoms with Crippen molar-refractivity contribution >= 4 is 16.3 Å². The van der Waals surface area contributed by atoms with Crippen molar-refractivity contribution in [1.29, 1.82) is 0 Å². The van der Waals surface area contributed by atoms with Crippen molar-refractivity contribution in [2.45, 2.75) is 12.3 Å². The van der Waals surface area contributed by atoms with E-state index in [1.165, 1.54) is 0 Å². The van der Waals surface area contributed by atoms with Crippen LogP contribution in [0.1, 0.15) is 11.0 Å². The predicted molar refractivity (Wildman–Crippen MR) is 42.0 cm³/mol. The lowest BCUT2D eigenvalue weighted by Gasteiger charge is -2.11. The molecule has 1 aromatic rings. The molecule has 0 saturated heterocycles. The highest BCUT2D eigenvalue weighted by molar-refractivity contribution is 7.15. The van der Waals surface area contributed by atoms with Gasteiger partial charge in [-0.1, -0.05) is 11.3 Å². The summed E-state index contributed by atoms with van der Waals surface area (Å²) in [7, 11) is 0. The first-order valence-corrected chi connectivity index (χ1v) is 4.13. The van der Waals surface area contributed by atoms with Crippen LogP contribution in [0.25, 0.3) is 0 Å². The molecule has 0 aromatic carbocycles. The molecule has 1 N–H and O–H groups in total. The second kappa shape index (κ2) is 3.54. The summed E-state index contributed by atoms with van der Waals surface area (Å²) in [5.74, 6) is 0. The molecule has 0 aliphatic carbocycles. The van der Waals surface area contributed by atoms with E-state index in [4.69, 9.17) is 5.11 Å². The molecule has 1 atom stereocenters. The zero-order chi connectivity index (χ0) is 10.9. The average Bonchev–Trinajstić information content (AvgIpc) is 2.48.